The highest BCUT2D eigenvalue weighted by Gasteiger charge is 2.12. The third-order valence-electron chi connectivity index (χ3n) is 4.45. The van der Waals surface area contributed by atoms with E-state index in [0.29, 0.717) is 28.2 Å². The van der Waals surface area contributed by atoms with Crippen LogP contribution in [0, 0.1) is 0 Å². The molecule has 1 aromatic heterocycles. The van der Waals surface area contributed by atoms with Crippen molar-refractivity contribution in [3.05, 3.63) is 65.0 Å². The Hall–Kier alpha value is -3.12. The van der Waals surface area contributed by atoms with Crippen LogP contribution in [0.2, 0.25) is 0 Å². The quantitative estimate of drug-likeness (QED) is 0.517. The highest BCUT2D eigenvalue weighted by molar-refractivity contribution is 7.14. The summed E-state index contributed by atoms with van der Waals surface area (Å²) >= 11 is 1.36. The molecule has 0 saturated carbocycles. The van der Waals surface area contributed by atoms with Crippen molar-refractivity contribution in [1.82, 2.24) is 4.98 Å². The number of thiazole rings is 1. The summed E-state index contributed by atoms with van der Waals surface area (Å²) in [6.07, 6.45) is 3.30. The third-order valence-corrected chi connectivity index (χ3v) is 5.20. The number of nitrogens with zero attached hydrogens (tertiary/aromatic N) is 1. The first-order valence-corrected chi connectivity index (χ1v) is 10.1. The number of aromatic nitrogens is 1. The molecule has 5 nitrogen and oxygen atoms in total. The second-order valence-corrected chi connectivity index (χ2v) is 7.61. The van der Waals surface area contributed by atoms with E-state index in [2.05, 4.69) is 36.3 Å². The minimum absolute atomic E-state index is 0.226. The number of carbonyl (C=O) groups is 1. The second-order valence-electron chi connectivity index (χ2n) is 6.75. The molecule has 1 N–H and O–H groups in total. The molecule has 29 heavy (non-hydrogen) atoms. The Bertz CT molecular complexity index is 1010. The molecule has 0 fully saturated rings. The largest absolute Gasteiger partial charge is 0.497 e. The van der Waals surface area contributed by atoms with Crippen LogP contribution in [-0.2, 0) is 4.79 Å². The van der Waals surface area contributed by atoms with Gasteiger partial charge in [0.15, 0.2) is 5.13 Å². The van der Waals surface area contributed by atoms with Gasteiger partial charge in [-0.2, -0.15) is 0 Å². The Morgan fingerprint density at radius 2 is 1.86 bits per heavy atom. The molecular formula is C23H24N2O3S. The normalized spacial score (nSPS) is 11.1. The topological polar surface area (TPSA) is 60.5 Å². The van der Waals surface area contributed by atoms with E-state index >= 15 is 0 Å². The standard InChI is InChI=1S/C23H24N2O3S/c1-15(2)17-8-5-16(6-9-17)7-12-22(26)25-23-24-20(14-29-23)19-13-18(27-3)10-11-21(19)28-4/h5-15H,1-4H3,(H,24,25,26)/b12-7+. The summed E-state index contributed by atoms with van der Waals surface area (Å²) in [6.45, 7) is 4.31. The van der Waals surface area contributed by atoms with Gasteiger partial charge in [-0.25, -0.2) is 4.98 Å². The van der Waals surface area contributed by atoms with E-state index in [1.807, 2.05) is 35.7 Å². The van der Waals surface area contributed by atoms with E-state index in [-0.39, 0.29) is 5.91 Å². The van der Waals surface area contributed by atoms with Crippen molar-refractivity contribution in [1.29, 1.82) is 0 Å². The molecule has 0 aliphatic carbocycles. The zero-order chi connectivity index (χ0) is 20.8. The molecule has 1 amide bonds. The average Bonchev–Trinajstić information content (AvgIpc) is 3.20. The molecule has 6 heteroatoms. The van der Waals surface area contributed by atoms with Gasteiger partial charge in [-0.3, -0.25) is 10.1 Å². The van der Waals surface area contributed by atoms with Gasteiger partial charge in [0.25, 0.3) is 0 Å². The Balaban J connectivity index is 1.69. The van der Waals surface area contributed by atoms with Crippen LogP contribution in [0.25, 0.3) is 17.3 Å². The average molecular weight is 409 g/mol. The van der Waals surface area contributed by atoms with Crippen LogP contribution < -0.4 is 14.8 Å². The van der Waals surface area contributed by atoms with Crippen LogP contribution in [0.5, 0.6) is 11.5 Å². The van der Waals surface area contributed by atoms with E-state index in [4.69, 9.17) is 9.47 Å². The molecule has 0 saturated heterocycles. The summed E-state index contributed by atoms with van der Waals surface area (Å²) in [5.41, 5.74) is 3.78. The third kappa shape index (κ3) is 5.23. The number of hydrogen-bond acceptors (Lipinski definition) is 5. The van der Waals surface area contributed by atoms with Crippen molar-refractivity contribution in [3.63, 3.8) is 0 Å². The first-order chi connectivity index (χ1) is 14.0. The molecule has 3 rings (SSSR count). The monoisotopic (exact) mass is 408 g/mol. The molecule has 0 aliphatic rings. The lowest BCUT2D eigenvalue weighted by Crippen LogP contribution is -2.07. The van der Waals surface area contributed by atoms with Crippen LogP contribution >= 0.6 is 11.3 Å². The first kappa shape index (κ1) is 20.6. The number of nitrogens with one attached hydrogen (secondary N) is 1. The number of hydrogen-bond donors (Lipinski definition) is 1. The molecule has 0 radical (unpaired) electrons. The van der Waals surface area contributed by atoms with Gasteiger partial charge >= 0.3 is 0 Å². The minimum Gasteiger partial charge on any atom is -0.497 e. The smallest absolute Gasteiger partial charge is 0.250 e. The number of carbonyl (C=O) groups excluding carboxylic acids is 1. The maximum absolute atomic E-state index is 12.3. The summed E-state index contributed by atoms with van der Waals surface area (Å²) in [6, 6.07) is 13.7. The van der Waals surface area contributed by atoms with E-state index in [0.717, 1.165) is 11.1 Å². The number of amides is 1. The molecule has 150 valence electrons. The van der Waals surface area contributed by atoms with Gasteiger partial charge in [0.05, 0.1) is 19.9 Å². The SMILES string of the molecule is COc1ccc(OC)c(-c2csc(NC(=O)/C=C/c3ccc(C(C)C)cc3)n2)c1. The second kappa shape index (κ2) is 9.39. The predicted octanol–water partition coefficient (Wildman–Crippen LogP) is 5.60. The van der Waals surface area contributed by atoms with Crippen molar-refractivity contribution in [3.8, 4) is 22.8 Å². The van der Waals surface area contributed by atoms with Gasteiger partial charge in [0, 0.05) is 17.0 Å². The van der Waals surface area contributed by atoms with Gasteiger partial charge in [-0.05, 0) is 41.3 Å². The van der Waals surface area contributed by atoms with Gasteiger partial charge in [0.1, 0.15) is 11.5 Å². The summed E-state index contributed by atoms with van der Waals surface area (Å²) in [5, 5.41) is 5.21. The summed E-state index contributed by atoms with van der Waals surface area (Å²) in [7, 11) is 3.22. The molecule has 0 spiro atoms. The maximum Gasteiger partial charge on any atom is 0.250 e. The fourth-order valence-corrected chi connectivity index (χ4v) is 3.49. The van der Waals surface area contributed by atoms with Crippen LogP contribution in [0.4, 0.5) is 5.13 Å². The molecule has 0 atom stereocenters. The number of anilines is 1. The van der Waals surface area contributed by atoms with Crippen LogP contribution in [0.15, 0.2) is 53.9 Å². The van der Waals surface area contributed by atoms with Crippen molar-refractivity contribution >= 4 is 28.5 Å². The summed E-state index contributed by atoms with van der Waals surface area (Å²) in [4.78, 5) is 16.8. The zero-order valence-electron chi connectivity index (χ0n) is 16.9. The highest BCUT2D eigenvalue weighted by Crippen LogP contribution is 2.35. The van der Waals surface area contributed by atoms with Gasteiger partial charge in [-0.1, -0.05) is 38.1 Å². The number of benzene rings is 2. The van der Waals surface area contributed by atoms with Gasteiger partial charge < -0.3 is 9.47 Å². The Morgan fingerprint density at radius 3 is 2.52 bits per heavy atom. The van der Waals surface area contributed by atoms with Crippen molar-refractivity contribution < 1.29 is 14.3 Å². The highest BCUT2D eigenvalue weighted by atomic mass is 32.1. The van der Waals surface area contributed by atoms with E-state index in [9.17, 15) is 4.79 Å². The molecule has 0 bridgehead atoms. The van der Waals surface area contributed by atoms with E-state index < -0.39 is 0 Å². The van der Waals surface area contributed by atoms with Crippen LogP contribution in [-0.4, -0.2) is 25.1 Å². The van der Waals surface area contributed by atoms with Crippen LogP contribution in [0.1, 0.15) is 30.9 Å². The minimum atomic E-state index is -0.226. The zero-order valence-corrected chi connectivity index (χ0v) is 17.7. The lowest BCUT2D eigenvalue weighted by molar-refractivity contribution is -0.111. The van der Waals surface area contributed by atoms with Crippen LogP contribution in [0.3, 0.4) is 0 Å². The number of methoxy groups -OCH3 is 2. The van der Waals surface area contributed by atoms with Gasteiger partial charge in [-0.15, -0.1) is 11.3 Å². The number of rotatable bonds is 7. The predicted molar refractivity (Wildman–Crippen MR) is 119 cm³/mol. The summed E-state index contributed by atoms with van der Waals surface area (Å²) in [5.74, 6) is 1.67. The first-order valence-electron chi connectivity index (χ1n) is 9.27. The molecule has 2 aromatic carbocycles. The van der Waals surface area contributed by atoms with Crippen molar-refractivity contribution in [2.75, 3.05) is 19.5 Å². The Morgan fingerprint density at radius 1 is 1.10 bits per heavy atom. The molecular weight excluding hydrogens is 384 g/mol. The Kier molecular flexibility index (Phi) is 6.67. The number of ether oxygens (including phenoxy) is 2. The van der Waals surface area contributed by atoms with Gasteiger partial charge in [0.2, 0.25) is 5.91 Å². The molecule has 0 unspecified atom stereocenters. The Labute approximate surface area is 175 Å². The fourth-order valence-electron chi connectivity index (χ4n) is 2.78. The fraction of sp³-hybridized carbons (Fsp3) is 0.217. The lowest BCUT2D eigenvalue weighted by atomic mass is 10.0. The van der Waals surface area contributed by atoms with Crippen molar-refractivity contribution in [2.45, 2.75) is 19.8 Å². The summed E-state index contributed by atoms with van der Waals surface area (Å²) < 4.78 is 10.7. The molecule has 0 aliphatic heterocycles. The molecule has 3 aromatic rings. The van der Waals surface area contributed by atoms with E-state index in [1.54, 1.807) is 20.3 Å². The molecule has 1 heterocycles. The van der Waals surface area contributed by atoms with E-state index in [1.165, 1.54) is 23.0 Å². The van der Waals surface area contributed by atoms with Crippen molar-refractivity contribution in [2.24, 2.45) is 0 Å². The maximum atomic E-state index is 12.3. The lowest BCUT2D eigenvalue weighted by Gasteiger charge is -2.08.